The number of esters is 1. The zero-order chi connectivity index (χ0) is 14.0. The molecular weight excluding hydrogens is 248 g/mol. The molecule has 2 aromatic rings. The molecule has 0 aliphatic carbocycles. The molecule has 0 N–H and O–H groups in total. The van der Waals surface area contributed by atoms with Crippen LogP contribution in [0.4, 0.5) is 0 Å². The van der Waals surface area contributed by atoms with Crippen LogP contribution in [0.15, 0.2) is 54.6 Å². The lowest BCUT2D eigenvalue weighted by Crippen LogP contribution is -2.37. The number of hydrogen-bond acceptors (Lipinski definition) is 2. The van der Waals surface area contributed by atoms with Crippen molar-refractivity contribution in [3.8, 4) is 5.75 Å². The van der Waals surface area contributed by atoms with Crippen LogP contribution in [0.25, 0.3) is 0 Å². The van der Waals surface area contributed by atoms with Crippen LogP contribution >= 0.6 is 0 Å². The first-order chi connectivity index (χ1) is 9.73. The van der Waals surface area contributed by atoms with Gasteiger partial charge in [0.05, 0.1) is 6.42 Å². The fraction of sp³-hybridized carbons (Fsp3) is 0.278. The van der Waals surface area contributed by atoms with Crippen molar-refractivity contribution in [3.63, 3.8) is 0 Å². The molecule has 0 saturated heterocycles. The summed E-state index contributed by atoms with van der Waals surface area (Å²) in [7, 11) is 0. The lowest BCUT2D eigenvalue weighted by molar-refractivity contribution is -0.137. The Hall–Kier alpha value is -2.09. The van der Waals surface area contributed by atoms with Crippen molar-refractivity contribution >= 4 is 5.97 Å². The Morgan fingerprint density at radius 1 is 1.05 bits per heavy atom. The quantitative estimate of drug-likeness (QED) is 0.622. The number of carbonyl (C=O) groups excluding carboxylic acids is 1. The van der Waals surface area contributed by atoms with Gasteiger partial charge in [-0.05, 0) is 24.5 Å². The van der Waals surface area contributed by atoms with Crippen molar-refractivity contribution in [1.82, 2.24) is 0 Å². The maximum absolute atomic E-state index is 12.0. The predicted molar refractivity (Wildman–Crippen MR) is 78.8 cm³/mol. The van der Waals surface area contributed by atoms with Gasteiger partial charge in [-0.25, -0.2) is 0 Å². The molecule has 0 bridgehead atoms. The second-order valence-corrected chi connectivity index (χ2v) is 5.44. The Bertz CT molecular complexity index is 618. The normalized spacial score (nSPS) is 21.1. The van der Waals surface area contributed by atoms with Crippen molar-refractivity contribution in [2.24, 2.45) is 0 Å². The average Bonchev–Trinajstić information content (AvgIpc) is 2.48. The van der Waals surface area contributed by atoms with Crippen LogP contribution in [-0.4, -0.2) is 5.97 Å². The first-order valence-corrected chi connectivity index (χ1v) is 7.08. The number of fused-ring (bicyclic) bond motifs is 1. The molecule has 0 amide bonds. The van der Waals surface area contributed by atoms with Crippen LogP contribution in [0.1, 0.15) is 30.9 Å². The van der Waals surface area contributed by atoms with Gasteiger partial charge in [-0.3, -0.25) is 4.79 Å². The molecule has 102 valence electrons. The molecule has 1 aliphatic heterocycles. The minimum absolute atomic E-state index is 0.124. The van der Waals surface area contributed by atoms with Gasteiger partial charge in [-0.1, -0.05) is 55.5 Å². The molecule has 0 aromatic heterocycles. The zero-order valence-corrected chi connectivity index (χ0v) is 11.6. The van der Waals surface area contributed by atoms with E-state index in [1.165, 1.54) is 5.56 Å². The first-order valence-electron chi connectivity index (χ1n) is 7.08. The highest BCUT2D eigenvalue weighted by Gasteiger charge is 2.40. The van der Waals surface area contributed by atoms with Crippen LogP contribution in [0.3, 0.4) is 0 Å². The third kappa shape index (κ3) is 2.22. The number of rotatable bonds is 3. The second kappa shape index (κ2) is 5.12. The van der Waals surface area contributed by atoms with Gasteiger partial charge in [-0.2, -0.15) is 0 Å². The van der Waals surface area contributed by atoms with Gasteiger partial charge in [0, 0.05) is 11.0 Å². The molecule has 0 radical (unpaired) electrons. The van der Waals surface area contributed by atoms with Crippen LogP contribution in [0.2, 0.25) is 0 Å². The van der Waals surface area contributed by atoms with Crippen LogP contribution in [-0.2, 0) is 16.6 Å². The van der Waals surface area contributed by atoms with Crippen LogP contribution in [0, 0.1) is 0 Å². The van der Waals surface area contributed by atoms with Crippen molar-refractivity contribution in [3.05, 3.63) is 65.7 Å². The minimum atomic E-state index is -0.146. The van der Waals surface area contributed by atoms with E-state index in [-0.39, 0.29) is 11.4 Å². The SMILES string of the molecule is CCC1(Cc2ccccc2)CC(=O)Oc2ccccc21. The molecular formula is C18H18O2. The summed E-state index contributed by atoms with van der Waals surface area (Å²) in [5.74, 6) is 0.600. The number of para-hydroxylation sites is 1. The number of carbonyl (C=O) groups is 1. The van der Waals surface area contributed by atoms with Gasteiger partial charge in [0.1, 0.15) is 5.75 Å². The predicted octanol–water partition coefficient (Wildman–Crippen LogP) is 3.89. The minimum Gasteiger partial charge on any atom is -0.426 e. The number of hydrogen-bond donors (Lipinski definition) is 0. The van der Waals surface area contributed by atoms with E-state index in [0.29, 0.717) is 6.42 Å². The third-order valence-corrected chi connectivity index (χ3v) is 4.23. The summed E-state index contributed by atoms with van der Waals surface area (Å²) in [5, 5.41) is 0. The third-order valence-electron chi connectivity index (χ3n) is 4.23. The highest BCUT2D eigenvalue weighted by Crippen LogP contribution is 2.43. The molecule has 1 unspecified atom stereocenters. The lowest BCUT2D eigenvalue weighted by atomic mass is 9.70. The maximum Gasteiger partial charge on any atom is 0.312 e. The van der Waals surface area contributed by atoms with Gasteiger partial charge in [0.25, 0.3) is 0 Å². The Kier molecular flexibility index (Phi) is 3.31. The van der Waals surface area contributed by atoms with Crippen molar-refractivity contribution in [2.75, 3.05) is 0 Å². The summed E-state index contributed by atoms with van der Waals surface area (Å²) in [4.78, 5) is 12.0. The molecule has 0 spiro atoms. The molecule has 1 atom stereocenters. The first kappa shape index (κ1) is 12.9. The van der Waals surface area contributed by atoms with Gasteiger partial charge in [-0.15, -0.1) is 0 Å². The topological polar surface area (TPSA) is 26.3 Å². The molecule has 1 aliphatic rings. The molecule has 20 heavy (non-hydrogen) atoms. The molecule has 3 rings (SSSR count). The Balaban J connectivity index is 2.06. The van der Waals surface area contributed by atoms with Crippen molar-refractivity contribution in [2.45, 2.75) is 31.6 Å². The summed E-state index contributed by atoms with van der Waals surface area (Å²) >= 11 is 0. The zero-order valence-electron chi connectivity index (χ0n) is 11.6. The van der Waals surface area contributed by atoms with Gasteiger partial charge in [0.2, 0.25) is 0 Å². The van der Waals surface area contributed by atoms with Crippen molar-refractivity contribution in [1.29, 1.82) is 0 Å². The van der Waals surface area contributed by atoms with Gasteiger partial charge >= 0.3 is 5.97 Å². The van der Waals surface area contributed by atoms with E-state index in [1.54, 1.807) is 0 Å². The monoisotopic (exact) mass is 266 g/mol. The van der Waals surface area contributed by atoms with Crippen LogP contribution < -0.4 is 4.74 Å². The van der Waals surface area contributed by atoms with Crippen LogP contribution in [0.5, 0.6) is 5.75 Å². The number of benzene rings is 2. The molecule has 2 aromatic carbocycles. The molecule has 0 fully saturated rings. The highest BCUT2D eigenvalue weighted by molar-refractivity contribution is 5.78. The fourth-order valence-electron chi connectivity index (χ4n) is 3.11. The van der Waals surface area contributed by atoms with E-state index in [9.17, 15) is 4.79 Å². The maximum atomic E-state index is 12.0. The molecule has 1 heterocycles. The van der Waals surface area contributed by atoms with E-state index in [2.05, 4.69) is 25.1 Å². The average molecular weight is 266 g/mol. The second-order valence-electron chi connectivity index (χ2n) is 5.44. The summed E-state index contributed by atoms with van der Waals surface area (Å²) < 4.78 is 5.39. The lowest BCUT2D eigenvalue weighted by Gasteiger charge is -2.37. The molecule has 2 nitrogen and oxygen atoms in total. The summed E-state index contributed by atoms with van der Waals surface area (Å²) in [6.45, 7) is 2.15. The largest absolute Gasteiger partial charge is 0.426 e. The molecule has 0 saturated carbocycles. The molecule has 2 heteroatoms. The smallest absolute Gasteiger partial charge is 0.312 e. The van der Waals surface area contributed by atoms with E-state index < -0.39 is 0 Å². The highest BCUT2D eigenvalue weighted by atomic mass is 16.5. The van der Waals surface area contributed by atoms with Gasteiger partial charge in [0.15, 0.2) is 0 Å². The van der Waals surface area contributed by atoms with E-state index in [1.807, 2.05) is 36.4 Å². The summed E-state index contributed by atoms with van der Waals surface area (Å²) in [6.07, 6.45) is 2.25. The van der Waals surface area contributed by atoms with E-state index in [0.717, 1.165) is 24.2 Å². The number of ether oxygens (including phenoxy) is 1. The Morgan fingerprint density at radius 2 is 1.75 bits per heavy atom. The van der Waals surface area contributed by atoms with Gasteiger partial charge < -0.3 is 4.74 Å². The Labute approximate surface area is 119 Å². The van der Waals surface area contributed by atoms with Crippen molar-refractivity contribution < 1.29 is 9.53 Å². The van der Waals surface area contributed by atoms with E-state index >= 15 is 0 Å². The van der Waals surface area contributed by atoms with E-state index in [4.69, 9.17) is 4.74 Å². The Morgan fingerprint density at radius 3 is 2.50 bits per heavy atom. The standard InChI is InChI=1S/C18H18O2/c1-2-18(12-14-8-4-3-5-9-14)13-17(19)20-16-11-7-6-10-15(16)18/h3-11H,2,12-13H2,1H3. The summed E-state index contributed by atoms with van der Waals surface area (Å²) in [6, 6.07) is 18.3. The summed E-state index contributed by atoms with van der Waals surface area (Å²) in [5.41, 5.74) is 2.28. The fourth-order valence-corrected chi connectivity index (χ4v) is 3.11.